The number of halogens is 1. The standard InChI is InChI=1S/C26H34FNO3.C5H10.CH4O/c1-19-14-21(16-22(15-19)31-3)26-24(10-6-11-25(26)27)23(9-4-5-13-30-2)20-8-7-12-28(17-20)18-29;1-2-4-5-3-1;1-2/h6,10-11,14-16,18,20,23H,4-5,7-9,12-13,17H2,1-3H3;1-5H2;2H,1H3. The van der Waals surface area contributed by atoms with Gasteiger partial charge in [-0.1, -0.05) is 56.7 Å². The summed E-state index contributed by atoms with van der Waals surface area (Å²) in [5, 5.41) is 7.00. The zero-order valence-electron chi connectivity index (χ0n) is 23.9. The summed E-state index contributed by atoms with van der Waals surface area (Å²) >= 11 is 0. The third-order valence-corrected chi connectivity index (χ3v) is 7.59. The summed E-state index contributed by atoms with van der Waals surface area (Å²) in [6.07, 6.45) is 13.4. The first kappa shape index (κ1) is 31.8. The van der Waals surface area contributed by atoms with Crippen LogP contribution in [0.3, 0.4) is 0 Å². The van der Waals surface area contributed by atoms with Crippen LogP contribution in [0, 0.1) is 18.7 Å². The first-order chi connectivity index (χ1) is 18.6. The quantitative estimate of drug-likeness (QED) is 0.263. The van der Waals surface area contributed by atoms with Gasteiger partial charge in [0.25, 0.3) is 0 Å². The Hall–Kier alpha value is -2.44. The highest BCUT2D eigenvalue weighted by Gasteiger charge is 2.30. The van der Waals surface area contributed by atoms with E-state index in [9.17, 15) is 4.79 Å². The van der Waals surface area contributed by atoms with Crippen molar-refractivity contribution in [3.8, 4) is 16.9 Å². The number of amides is 1. The van der Waals surface area contributed by atoms with Crippen LogP contribution in [0.5, 0.6) is 5.75 Å². The summed E-state index contributed by atoms with van der Waals surface area (Å²) in [6, 6.07) is 11.3. The molecule has 0 spiro atoms. The maximum absolute atomic E-state index is 15.3. The second-order valence-electron chi connectivity index (χ2n) is 10.3. The molecule has 4 rings (SSSR count). The highest BCUT2D eigenvalue weighted by molar-refractivity contribution is 5.71. The monoisotopic (exact) mass is 529 g/mol. The van der Waals surface area contributed by atoms with Crippen LogP contribution in [0.2, 0.25) is 0 Å². The van der Waals surface area contributed by atoms with Crippen LogP contribution < -0.4 is 4.74 Å². The predicted octanol–water partition coefficient (Wildman–Crippen LogP) is 7.14. The Labute approximate surface area is 229 Å². The number of piperidine rings is 1. The van der Waals surface area contributed by atoms with Crippen molar-refractivity contribution in [3.05, 3.63) is 53.3 Å². The lowest BCUT2D eigenvalue weighted by Gasteiger charge is -2.36. The number of aliphatic hydroxyl groups excluding tert-OH is 1. The van der Waals surface area contributed by atoms with Crippen LogP contribution >= 0.6 is 0 Å². The lowest BCUT2D eigenvalue weighted by atomic mass is 9.76. The Balaban J connectivity index is 0.000000636. The number of unbranched alkanes of at least 4 members (excludes halogenated alkanes) is 1. The first-order valence-corrected chi connectivity index (χ1v) is 14.1. The second-order valence-corrected chi connectivity index (χ2v) is 10.3. The number of aryl methyl sites for hydroxylation is 1. The lowest BCUT2D eigenvalue weighted by Crippen LogP contribution is -2.37. The molecule has 2 unspecified atom stereocenters. The summed E-state index contributed by atoms with van der Waals surface area (Å²) in [5.74, 6) is 1.01. The predicted molar refractivity (Wildman–Crippen MR) is 153 cm³/mol. The van der Waals surface area contributed by atoms with Gasteiger partial charge in [0, 0.05) is 39.5 Å². The van der Waals surface area contributed by atoms with Crippen molar-refractivity contribution in [1.82, 2.24) is 4.90 Å². The van der Waals surface area contributed by atoms with Crippen LogP contribution in [0.25, 0.3) is 11.1 Å². The highest BCUT2D eigenvalue weighted by atomic mass is 19.1. The molecule has 1 aliphatic carbocycles. The molecule has 5 nitrogen and oxygen atoms in total. The number of aliphatic hydroxyl groups is 1. The molecule has 2 aliphatic rings. The Morgan fingerprint density at radius 2 is 1.76 bits per heavy atom. The van der Waals surface area contributed by atoms with Crippen LogP contribution in [0.4, 0.5) is 4.39 Å². The fourth-order valence-electron chi connectivity index (χ4n) is 5.77. The molecule has 2 aromatic rings. The average Bonchev–Trinajstić information content (AvgIpc) is 3.54. The van der Waals surface area contributed by atoms with E-state index in [1.54, 1.807) is 14.2 Å². The van der Waals surface area contributed by atoms with E-state index >= 15 is 4.39 Å². The van der Waals surface area contributed by atoms with E-state index in [2.05, 4.69) is 6.07 Å². The van der Waals surface area contributed by atoms with Gasteiger partial charge in [-0.15, -0.1) is 0 Å². The largest absolute Gasteiger partial charge is 0.497 e. The van der Waals surface area contributed by atoms with Crippen molar-refractivity contribution in [3.63, 3.8) is 0 Å². The third-order valence-electron chi connectivity index (χ3n) is 7.59. The molecular formula is C32H48FNO4. The van der Waals surface area contributed by atoms with Crippen molar-refractivity contribution >= 4 is 6.41 Å². The minimum Gasteiger partial charge on any atom is -0.497 e. The number of hydrogen-bond donors (Lipinski definition) is 1. The summed E-state index contributed by atoms with van der Waals surface area (Å²) < 4.78 is 26.0. The number of hydrogen-bond acceptors (Lipinski definition) is 4. The van der Waals surface area contributed by atoms with Gasteiger partial charge < -0.3 is 19.5 Å². The van der Waals surface area contributed by atoms with Gasteiger partial charge in [0.2, 0.25) is 6.41 Å². The van der Waals surface area contributed by atoms with Crippen LogP contribution in [-0.4, -0.2) is 57.4 Å². The van der Waals surface area contributed by atoms with E-state index in [-0.39, 0.29) is 11.7 Å². The molecule has 2 fully saturated rings. The Morgan fingerprint density at radius 3 is 2.39 bits per heavy atom. The molecule has 38 heavy (non-hydrogen) atoms. The maximum atomic E-state index is 15.3. The fraction of sp³-hybridized carbons (Fsp3) is 0.594. The fourth-order valence-corrected chi connectivity index (χ4v) is 5.77. The van der Waals surface area contributed by atoms with E-state index in [1.807, 2.05) is 36.1 Å². The number of likely N-dealkylation sites (tertiary alicyclic amines) is 1. The summed E-state index contributed by atoms with van der Waals surface area (Å²) in [7, 11) is 4.35. The van der Waals surface area contributed by atoms with Gasteiger partial charge >= 0.3 is 0 Å². The van der Waals surface area contributed by atoms with Crippen LogP contribution in [0.15, 0.2) is 36.4 Å². The lowest BCUT2D eigenvalue weighted by molar-refractivity contribution is -0.119. The molecule has 0 radical (unpaired) electrons. The molecule has 6 heteroatoms. The van der Waals surface area contributed by atoms with E-state index < -0.39 is 0 Å². The molecule has 1 aliphatic heterocycles. The molecule has 0 aromatic heterocycles. The van der Waals surface area contributed by atoms with Crippen molar-refractivity contribution < 1.29 is 23.8 Å². The zero-order chi connectivity index (χ0) is 27.8. The summed E-state index contributed by atoms with van der Waals surface area (Å²) in [4.78, 5) is 13.3. The molecular weight excluding hydrogens is 481 g/mol. The van der Waals surface area contributed by atoms with Gasteiger partial charge in [-0.25, -0.2) is 4.39 Å². The van der Waals surface area contributed by atoms with Gasteiger partial charge in [0.05, 0.1) is 7.11 Å². The second kappa shape index (κ2) is 18.0. The molecule has 2 aromatic carbocycles. The van der Waals surface area contributed by atoms with Gasteiger partial charge in [-0.05, 0) is 79.3 Å². The third kappa shape index (κ3) is 9.70. The SMILES string of the molecule is C1CCCC1.CO.COCCCCC(c1cccc(F)c1-c1cc(C)cc(OC)c1)C1CCCN(C=O)C1. The topological polar surface area (TPSA) is 59.0 Å². The zero-order valence-corrected chi connectivity index (χ0v) is 23.9. The Morgan fingerprint density at radius 1 is 1.05 bits per heavy atom. The van der Waals surface area contributed by atoms with Crippen molar-refractivity contribution in [2.75, 3.05) is 41.0 Å². The minimum atomic E-state index is -0.213. The van der Waals surface area contributed by atoms with Crippen molar-refractivity contribution in [2.45, 2.75) is 77.0 Å². The van der Waals surface area contributed by atoms with Crippen molar-refractivity contribution in [2.24, 2.45) is 5.92 Å². The number of carbonyl (C=O) groups excluding carboxylic acids is 1. The van der Waals surface area contributed by atoms with E-state index in [0.717, 1.165) is 87.8 Å². The highest BCUT2D eigenvalue weighted by Crippen LogP contribution is 2.42. The molecule has 1 saturated carbocycles. The van der Waals surface area contributed by atoms with Crippen LogP contribution in [0.1, 0.15) is 81.3 Å². The smallest absolute Gasteiger partial charge is 0.209 e. The normalized spacial score (nSPS) is 17.5. The molecule has 1 heterocycles. The van der Waals surface area contributed by atoms with Gasteiger partial charge in [-0.2, -0.15) is 0 Å². The minimum absolute atomic E-state index is 0.178. The molecule has 1 saturated heterocycles. The number of ether oxygens (including phenoxy) is 2. The number of rotatable bonds is 10. The number of nitrogens with zero attached hydrogens (tertiary/aromatic N) is 1. The molecule has 1 amide bonds. The van der Waals surface area contributed by atoms with E-state index in [0.29, 0.717) is 11.5 Å². The van der Waals surface area contributed by atoms with Gasteiger partial charge in [0.1, 0.15) is 11.6 Å². The van der Waals surface area contributed by atoms with Gasteiger partial charge in [0.15, 0.2) is 0 Å². The number of benzene rings is 2. The number of carbonyl (C=O) groups is 1. The van der Waals surface area contributed by atoms with Crippen molar-refractivity contribution in [1.29, 1.82) is 0 Å². The van der Waals surface area contributed by atoms with Crippen LogP contribution in [-0.2, 0) is 9.53 Å². The molecule has 0 bridgehead atoms. The summed E-state index contributed by atoms with van der Waals surface area (Å²) in [5.41, 5.74) is 3.56. The number of methoxy groups -OCH3 is 2. The Kier molecular flexibility index (Phi) is 15.0. The maximum Gasteiger partial charge on any atom is 0.209 e. The average molecular weight is 530 g/mol. The first-order valence-electron chi connectivity index (χ1n) is 14.1. The van der Waals surface area contributed by atoms with E-state index in [1.165, 1.54) is 38.2 Å². The molecule has 212 valence electrons. The molecule has 1 N–H and O–H groups in total. The molecule has 2 atom stereocenters. The van der Waals surface area contributed by atoms with Gasteiger partial charge in [-0.3, -0.25) is 4.79 Å². The Bertz CT molecular complexity index is 939. The summed E-state index contributed by atoms with van der Waals surface area (Å²) in [6.45, 7) is 4.26. The van der Waals surface area contributed by atoms with E-state index in [4.69, 9.17) is 14.6 Å².